The normalized spacial score (nSPS) is 13.9. The summed E-state index contributed by atoms with van der Waals surface area (Å²) in [6.45, 7) is 1.12. The molecule has 2 aromatic carbocycles. The average Bonchev–Trinajstić information content (AvgIpc) is 2.73. The Kier molecular flexibility index (Phi) is 5.35. The summed E-state index contributed by atoms with van der Waals surface area (Å²) in [6.07, 6.45) is 0. The third kappa shape index (κ3) is 3.83. The molecule has 1 aliphatic rings. The van der Waals surface area contributed by atoms with Gasteiger partial charge in [-0.3, -0.25) is 19.7 Å². The first kappa shape index (κ1) is 19.0. The molecule has 3 rings (SSSR count). The number of carbonyl (C=O) groups is 3. The molecule has 0 saturated carbocycles. The summed E-state index contributed by atoms with van der Waals surface area (Å²) in [7, 11) is 0. The van der Waals surface area contributed by atoms with Crippen LogP contribution in [0.5, 0.6) is 0 Å². The van der Waals surface area contributed by atoms with E-state index in [1.165, 1.54) is 41.3 Å². The van der Waals surface area contributed by atoms with Gasteiger partial charge in [0.1, 0.15) is 0 Å². The number of benzene rings is 2. The number of amides is 2. The van der Waals surface area contributed by atoms with Gasteiger partial charge in [-0.15, -0.1) is 0 Å². The van der Waals surface area contributed by atoms with Crippen LogP contribution in [-0.4, -0.2) is 63.8 Å². The van der Waals surface area contributed by atoms with Gasteiger partial charge in [0.05, 0.1) is 16.1 Å². The van der Waals surface area contributed by atoms with Crippen molar-refractivity contribution in [2.45, 2.75) is 0 Å². The maximum absolute atomic E-state index is 12.7. The fraction of sp³-hybridized carbons (Fsp3) is 0.211. The van der Waals surface area contributed by atoms with Crippen LogP contribution in [0, 0.1) is 10.1 Å². The highest BCUT2D eigenvalue weighted by Crippen LogP contribution is 2.17. The van der Waals surface area contributed by atoms with Crippen molar-refractivity contribution in [3.05, 3.63) is 75.3 Å². The van der Waals surface area contributed by atoms with Gasteiger partial charge in [0.15, 0.2) is 0 Å². The molecule has 1 aliphatic heterocycles. The van der Waals surface area contributed by atoms with Crippen molar-refractivity contribution in [1.29, 1.82) is 0 Å². The standard InChI is InChI=1S/C19H17N3O6/c23-17(13-5-7-14(8-6-13)22(27)28)20-9-11-21(12-10-20)18(24)15-3-1-2-4-16(15)19(25)26/h1-8H,9-12H2,(H,25,26). The number of nitro groups is 1. The van der Waals surface area contributed by atoms with Crippen LogP contribution in [0.25, 0.3) is 0 Å². The average molecular weight is 383 g/mol. The number of rotatable bonds is 4. The number of carbonyl (C=O) groups excluding carboxylic acids is 2. The molecule has 28 heavy (non-hydrogen) atoms. The lowest BCUT2D eigenvalue weighted by molar-refractivity contribution is -0.384. The van der Waals surface area contributed by atoms with Gasteiger partial charge >= 0.3 is 5.97 Å². The molecular formula is C19H17N3O6. The highest BCUT2D eigenvalue weighted by atomic mass is 16.6. The van der Waals surface area contributed by atoms with Crippen molar-refractivity contribution in [2.75, 3.05) is 26.2 Å². The van der Waals surface area contributed by atoms with Crippen molar-refractivity contribution in [3.63, 3.8) is 0 Å². The molecule has 9 heteroatoms. The zero-order chi connectivity index (χ0) is 20.3. The molecule has 1 N–H and O–H groups in total. The summed E-state index contributed by atoms with van der Waals surface area (Å²) < 4.78 is 0. The molecule has 0 unspecified atom stereocenters. The lowest BCUT2D eigenvalue weighted by atomic mass is 10.1. The number of carboxylic acid groups (broad SMARTS) is 1. The fourth-order valence-corrected chi connectivity index (χ4v) is 3.05. The van der Waals surface area contributed by atoms with Crippen molar-refractivity contribution in [2.24, 2.45) is 0 Å². The van der Waals surface area contributed by atoms with Gasteiger partial charge in [0.2, 0.25) is 0 Å². The first-order valence-electron chi connectivity index (χ1n) is 8.54. The van der Waals surface area contributed by atoms with Gasteiger partial charge in [-0.2, -0.15) is 0 Å². The van der Waals surface area contributed by atoms with Gasteiger partial charge in [-0.05, 0) is 24.3 Å². The molecule has 144 valence electrons. The minimum Gasteiger partial charge on any atom is -0.478 e. The summed E-state index contributed by atoms with van der Waals surface area (Å²) in [5.41, 5.74) is 0.299. The molecule has 0 spiro atoms. The second kappa shape index (κ2) is 7.87. The number of hydrogen-bond acceptors (Lipinski definition) is 5. The highest BCUT2D eigenvalue weighted by Gasteiger charge is 2.27. The van der Waals surface area contributed by atoms with Crippen molar-refractivity contribution in [1.82, 2.24) is 9.80 Å². The van der Waals surface area contributed by atoms with Crippen LogP contribution >= 0.6 is 0 Å². The molecule has 0 atom stereocenters. The predicted molar refractivity (Wildman–Crippen MR) is 98.3 cm³/mol. The summed E-state index contributed by atoms with van der Waals surface area (Å²) in [6, 6.07) is 11.4. The Hall–Kier alpha value is -3.75. The SMILES string of the molecule is O=C(O)c1ccccc1C(=O)N1CCN(C(=O)c2ccc([N+](=O)[O-])cc2)CC1. The first-order valence-corrected chi connectivity index (χ1v) is 8.54. The molecule has 0 aliphatic carbocycles. The number of nitro benzene ring substituents is 1. The second-order valence-corrected chi connectivity index (χ2v) is 6.24. The predicted octanol–water partition coefficient (Wildman–Crippen LogP) is 1.89. The summed E-state index contributed by atoms with van der Waals surface area (Å²) in [4.78, 5) is 49.8. The molecule has 0 radical (unpaired) electrons. The minimum atomic E-state index is -1.17. The summed E-state index contributed by atoms with van der Waals surface area (Å²) in [5, 5.41) is 19.9. The van der Waals surface area contributed by atoms with Gasteiger partial charge in [-0.1, -0.05) is 12.1 Å². The summed E-state index contributed by atoms with van der Waals surface area (Å²) in [5.74, 6) is -1.83. The number of hydrogen-bond donors (Lipinski definition) is 1. The van der Waals surface area contributed by atoms with Crippen LogP contribution in [0.3, 0.4) is 0 Å². The van der Waals surface area contributed by atoms with E-state index in [0.29, 0.717) is 5.56 Å². The Bertz CT molecular complexity index is 933. The Morgan fingerprint density at radius 3 is 1.82 bits per heavy atom. The van der Waals surface area contributed by atoms with E-state index in [1.54, 1.807) is 17.0 Å². The zero-order valence-corrected chi connectivity index (χ0v) is 14.8. The number of nitrogens with zero attached hydrogens (tertiary/aromatic N) is 3. The fourth-order valence-electron chi connectivity index (χ4n) is 3.05. The molecule has 9 nitrogen and oxygen atoms in total. The van der Waals surface area contributed by atoms with Crippen molar-refractivity contribution < 1.29 is 24.4 Å². The number of piperazine rings is 1. The lowest BCUT2D eigenvalue weighted by Gasteiger charge is -2.35. The van der Waals surface area contributed by atoms with Gasteiger partial charge in [0.25, 0.3) is 17.5 Å². The molecular weight excluding hydrogens is 366 g/mol. The summed E-state index contributed by atoms with van der Waals surface area (Å²) >= 11 is 0. The van der Waals surface area contributed by atoms with E-state index in [-0.39, 0.29) is 54.8 Å². The third-order valence-corrected chi connectivity index (χ3v) is 4.57. The molecule has 1 heterocycles. The molecule has 0 bridgehead atoms. The molecule has 2 amide bonds. The Morgan fingerprint density at radius 1 is 0.821 bits per heavy atom. The van der Waals surface area contributed by atoms with Gasteiger partial charge < -0.3 is 14.9 Å². The Morgan fingerprint density at radius 2 is 1.32 bits per heavy atom. The molecule has 2 aromatic rings. The number of carboxylic acids is 1. The van der Waals surface area contributed by atoms with Gasteiger partial charge in [0, 0.05) is 43.9 Å². The molecule has 0 aromatic heterocycles. The van der Waals surface area contributed by atoms with E-state index in [1.807, 2.05) is 0 Å². The maximum Gasteiger partial charge on any atom is 0.336 e. The lowest BCUT2D eigenvalue weighted by Crippen LogP contribution is -2.50. The van der Waals surface area contributed by atoms with E-state index < -0.39 is 10.9 Å². The maximum atomic E-state index is 12.7. The first-order chi connectivity index (χ1) is 13.4. The van der Waals surface area contributed by atoms with Crippen molar-refractivity contribution >= 4 is 23.5 Å². The van der Waals surface area contributed by atoms with E-state index in [0.717, 1.165) is 0 Å². The Balaban J connectivity index is 1.66. The van der Waals surface area contributed by atoms with Crippen LogP contribution in [0.4, 0.5) is 5.69 Å². The quantitative estimate of drug-likeness (QED) is 0.636. The zero-order valence-electron chi connectivity index (χ0n) is 14.8. The Labute approximate surface area is 159 Å². The van der Waals surface area contributed by atoms with E-state index >= 15 is 0 Å². The monoisotopic (exact) mass is 383 g/mol. The third-order valence-electron chi connectivity index (χ3n) is 4.57. The molecule has 1 saturated heterocycles. The highest BCUT2D eigenvalue weighted by molar-refractivity contribution is 6.04. The topological polar surface area (TPSA) is 121 Å². The number of non-ortho nitro benzene ring substituents is 1. The minimum absolute atomic E-state index is 0.0584. The molecule has 1 fully saturated rings. The largest absolute Gasteiger partial charge is 0.478 e. The van der Waals surface area contributed by atoms with Gasteiger partial charge in [-0.25, -0.2) is 4.79 Å². The van der Waals surface area contributed by atoms with E-state index in [9.17, 15) is 29.6 Å². The van der Waals surface area contributed by atoms with Crippen molar-refractivity contribution in [3.8, 4) is 0 Å². The van der Waals surface area contributed by atoms with E-state index in [4.69, 9.17) is 0 Å². The smallest absolute Gasteiger partial charge is 0.336 e. The van der Waals surface area contributed by atoms with Crippen LogP contribution in [0.2, 0.25) is 0 Å². The van der Waals surface area contributed by atoms with Crippen LogP contribution in [0.1, 0.15) is 31.1 Å². The van der Waals surface area contributed by atoms with Crippen LogP contribution in [-0.2, 0) is 0 Å². The van der Waals surface area contributed by atoms with Crippen LogP contribution < -0.4 is 0 Å². The second-order valence-electron chi connectivity index (χ2n) is 6.24. The van der Waals surface area contributed by atoms with Crippen LogP contribution in [0.15, 0.2) is 48.5 Å². The van der Waals surface area contributed by atoms with E-state index in [2.05, 4.69) is 0 Å². The number of aromatic carboxylic acids is 1.